The van der Waals surface area contributed by atoms with E-state index in [2.05, 4.69) is 109 Å². The van der Waals surface area contributed by atoms with Gasteiger partial charge in [-0.2, -0.15) is 0 Å². The van der Waals surface area contributed by atoms with Gasteiger partial charge in [0.2, 0.25) is 0 Å². The van der Waals surface area contributed by atoms with Gasteiger partial charge in [0, 0.05) is 24.5 Å². The molecule has 1 nitrogen and oxygen atoms in total. The quantitative estimate of drug-likeness (QED) is 0.571. The minimum absolute atomic E-state index is 0.329. The third kappa shape index (κ3) is 3.11. The summed E-state index contributed by atoms with van der Waals surface area (Å²) in [6, 6.07) is 33.1. The molecule has 0 N–H and O–H groups in total. The van der Waals surface area contributed by atoms with E-state index >= 15 is 0 Å². The lowest BCUT2D eigenvalue weighted by atomic mass is 9.71. The fourth-order valence-corrected chi connectivity index (χ4v) is 4.24. The lowest BCUT2D eigenvalue weighted by molar-refractivity contribution is 0.0222. The molecule has 0 spiro atoms. The number of nitrogens with zero attached hydrogens (tertiary/aromatic N) is 1. The van der Waals surface area contributed by atoms with E-state index in [0.29, 0.717) is 18.0 Å². The molecule has 1 heteroatoms. The highest BCUT2D eigenvalue weighted by Crippen LogP contribution is 2.46. The second-order valence-corrected chi connectivity index (χ2v) is 7.17. The first-order chi connectivity index (χ1) is 12.8. The van der Waals surface area contributed by atoms with Crippen LogP contribution < -0.4 is 0 Å². The molecule has 3 aromatic rings. The van der Waals surface area contributed by atoms with Crippen molar-refractivity contribution >= 4 is 5.57 Å². The molecule has 3 unspecified atom stereocenters. The second-order valence-electron chi connectivity index (χ2n) is 7.17. The van der Waals surface area contributed by atoms with Crippen molar-refractivity contribution in [3.05, 3.63) is 114 Å². The topological polar surface area (TPSA) is 3.24 Å². The van der Waals surface area contributed by atoms with E-state index in [9.17, 15) is 0 Å². The van der Waals surface area contributed by atoms with E-state index in [0.717, 1.165) is 6.54 Å². The fraction of sp³-hybridized carbons (Fsp3) is 0.200. The molecular formula is C25H25N. The molecule has 0 saturated carbocycles. The molecular weight excluding hydrogens is 314 g/mol. The monoisotopic (exact) mass is 339 g/mol. The smallest absolute Gasteiger partial charge is 0.0438 e. The zero-order valence-corrected chi connectivity index (χ0v) is 15.3. The van der Waals surface area contributed by atoms with Gasteiger partial charge in [0.15, 0.2) is 0 Å². The largest absolute Gasteiger partial charge is 0.288 e. The van der Waals surface area contributed by atoms with Crippen LogP contribution in [0.25, 0.3) is 5.57 Å². The van der Waals surface area contributed by atoms with E-state index < -0.39 is 0 Å². The average molecular weight is 339 g/mol. The van der Waals surface area contributed by atoms with Gasteiger partial charge in [0.05, 0.1) is 0 Å². The Morgan fingerprint density at radius 3 is 1.96 bits per heavy atom. The van der Waals surface area contributed by atoms with Crippen molar-refractivity contribution in [3.63, 3.8) is 0 Å². The molecule has 0 aromatic heterocycles. The van der Waals surface area contributed by atoms with Gasteiger partial charge < -0.3 is 0 Å². The van der Waals surface area contributed by atoms with E-state index in [1.54, 1.807) is 0 Å². The molecule has 3 aromatic carbocycles. The van der Waals surface area contributed by atoms with Gasteiger partial charge in [-0.25, -0.2) is 0 Å². The first kappa shape index (κ1) is 16.8. The Kier molecular flexibility index (Phi) is 4.73. The van der Waals surface area contributed by atoms with Gasteiger partial charge in [0.25, 0.3) is 0 Å². The zero-order chi connectivity index (χ0) is 17.9. The van der Waals surface area contributed by atoms with Gasteiger partial charge in [-0.15, -0.1) is 0 Å². The number of hydrogen-bond acceptors (Lipinski definition) is 1. The Balaban J connectivity index is 1.66. The highest BCUT2D eigenvalue weighted by Gasteiger charge is 2.47. The van der Waals surface area contributed by atoms with Crippen molar-refractivity contribution < 1.29 is 0 Å². The van der Waals surface area contributed by atoms with E-state index in [1.807, 2.05) is 0 Å². The SMILES string of the molecule is C=C(c1ccccc1)C1C(c2ccccc2)C(C)N1Cc1ccccc1. The van der Waals surface area contributed by atoms with Crippen LogP contribution in [0.15, 0.2) is 97.6 Å². The molecule has 0 radical (unpaired) electrons. The molecule has 1 aliphatic rings. The van der Waals surface area contributed by atoms with Gasteiger partial charge in [-0.1, -0.05) is 97.6 Å². The zero-order valence-electron chi connectivity index (χ0n) is 15.3. The summed E-state index contributed by atoms with van der Waals surface area (Å²) in [5.41, 5.74) is 5.22. The van der Waals surface area contributed by atoms with Gasteiger partial charge in [-0.3, -0.25) is 4.90 Å². The van der Waals surface area contributed by atoms with Crippen LogP contribution in [0.3, 0.4) is 0 Å². The van der Waals surface area contributed by atoms with Crippen molar-refractivity contribution in [1.82, 2.24) is 4.90 Å². The van der Waals surface area contributed by atoms with Crippen molar-refractivity contribution in [2.75, 3.05) is 0 Å². The summed E-state index contributed by atoms with van der Waals surface area (Å²) in [5.74, 6) is 0.479. The maximum absolute atomic E-state index is 4.51. The standard InChI is InChI=1S/C25H25N/c1-19(22-14-8-4-9-15-22)25-24(23-16-10-5-11-17-23)20(2)26(25)18-21-12-6-3-7-13-21/h3-17,20,24-25H,1,18H2,2H3. The highest BCUT2D eigenvalue weighted by molar-refractivity contribution is 5.70. The molecule has 3 atom stereocenters. The van der Waals surface area contributed by atoms with Gasteiger partial charge in [-0.05, 0) is 29.2 Å². The van der Waals surface area contributed by atoms with Crippen LogP contribution in [0.5, 0.6) is 0 Å². The summed E-state index contributed by atoms with van der Waals surface area (Å²) < 4.78 is 0. The van der Waals surface area contributed by atoms with Crippen LogP contribution in [-0.4, -0.2) is 17.0 Å². The normalized spacial score (nSPS) is 22.6. The summed E-state index contributed by atoms with van der Waals surface area (Å²) in [4.78, 5) is 2.59. The Morgan fingerprint density at radius 1 is 0.808 bits per heavy atom. The van der Waals surface area contributed by atoms with Crippen molar-refractivity contribution in [3.8, 4) is 0 Å². The summed E-state index contributed by atoms with van der Waals surface area (Å²) in [5, 5.41) is 0. The lowest BCUT2D eigenvalue weighted by Crippen LogP contribution is -2.60. The predicted molar refractivity (Wildman–Crippen MR) is 110 cm³/mol. The number of rotatable bonds is 5. The summed E-state index contributed by atoms with van der Waals surface area (Å²) in [7, 11) is 0. The molecule has 1 saturated heterocycles. The maximum atomic E-state index is 4.51. The Labute approximate surface area is 156 Å². The van der Waals surface area contributed by atoms with Crippen molar-refractivity contribution in [2.45, 2.75) is 31.5 Å². The molecule has 0 bridgehead atoms. The van der Waals surface area contributed by atoms with Crippen LogP contribution in [0.4, 0.5) is 0 Å². The first-order valence-corrected chi connectivity index (χ1v) is 9.34. The molecule has 130 valence electrons. The Morgan fingerprint density at radius 2 is 1.35 bits per heavy atom. The van der Waals surface area contributed by atoms with Crippen molar-refractivity contribution in [1.29, 1.82) is 0 Å². The summed E-state index contributed by atoms with van der Waals surface area (Å²) in [6.07, 6.45) is 0. The van der Waals surface area contributed by atoms with Crippen molar-refractivity contribution in [2.24, 2.45) is 0 Å². The average Bonchev–Trinajstić information content (AvgIpc) is 2.71. The molecule has 1 heterocycles. The van der Waals surface area contributed by atoms with E-state index in [4.69, 9.17) is 0 Å². The second kappa shape index (κ2) is 7.31. The Bertz CT molecular complexity index is 854. The minimum Gasteiger partial charge on any atom is -0.288 e. The minimum atomic E-state index is 0.329. The van der Waals surface area contributed by atoms with Crippen LogP contribution in [0, 0.1) is 0 Å². The highest BCUT2D eigenvalue weighted by atomic mass is 15.3. The number of benzene rings is 3. The van der Waals surface area contributed by atoms with Gasteiger partial charge >= 0.3 is 0 Å². The summed E-state index contributed by atoms with van der Waals surface area (Å²) >= 11 is 0. The van der Waals surface area contributed by atoms with Crippen LogP contribution in [0.1, 0.15) is 29.5 Å². The first-order valence-electron chi connectivity index (χ1n) is 9.34. The Hall–Kier alpha value is -2.64. The van der Waals surface area contributed by atoms with Crippen LogP contribution in [0.2, 0.25) is 0 Å². The third-order valence-corrected chi connectivity index (χ3v) is 5.63. The van der Waals surface area contributed by atoms with Crippen LogP contribution >= 0.6 is 0 Å². The molecule has 26 heavy (non-hydrogen) atoms. The lowest BCUT2D eigenvalue weighted by Gasteiger charge is -2.55. The molecule has 0 aliphatic carbocycles. The molecule has 1 aliphatic heterocycles. The van der Waals surface area contributed by atoms with E-state index in [-0.39, 0.29) is 0 Å². The molecule has 4 rings (SSSR count). The third-order valence-electron chi connectivity index (χ3n) is 5.63. The van der Waals surface area contributed by atoms with Gasteiger partial charge in [0.1, 0.15) is 0 Å². The van der Waals surface area contributed by atoms with E-state index in [1.165, 1.54) is 22.3 Å². The number of hydrogen-bond donors (Lipinski definition) is 0. The predicted octanol–water partition coefficient (Wildman–Crippen LogP) is 5.76. The van der Waals surface area contributed by atoms with Crippen LogP contribution in [-0.2, 0) is 6.54 Å². The maximum Gasteiger partial charge on any atom is 0.0438 e. The molecule has 0 amide bonds. The number of likely N-dealkylation sites (tertiary alicyclic amines) is 1. The molecule has 1 fully saturated rings. The fourth-order valence-electron chi connectivity index (χ4n) is 4.24. The summed E-state index contributed by atoms with van der Waals surface area (Å²) in [6.45, 7) is 7.81.